The van der Waals surface area contributed by atoms with Crippen molar-refractivity contribution in [3.05, 3.63) is 23.8 Å². The van der Waals surface area contributed by atoms with Crippen LogP contribution in [0.3, 0.4) is 0 Å². The Balaban J connectivity index is 1.60. The van der Waals surface area contributed by atoms with Crippen LogP contribution in [0.15, 0.2) is 23.2 Å². The number of hydrogen-bond donors (Lipinski definition) is 0. The fourth-order valence-corrected chi connectivity index (χ4v) is 6.87. The highest BCUT2D eigenvalue weighted by molar-refractivity contribution is 6.04. The minimum atomic E-state index is 0.120. The van der Waals surface area contributed by atoms with E-state index in [1.54, 1.807) is 7.11 Å². The monoisotopic (exact) mass is 324 g/mol. The number of fused-ring (bicyclic) bond motifs is 1. The van der Waals surface area contributed by atoms with Crippen LogP contribution in [0, 0.1) is 5.41 Å². The van der Waals surface area contributed by atoms with Crippen molar-refractivity contribution in [2.45, 2.75) is 49.7 Å². The predicted molar refractivity (Wildman–Crippen MR) is 92.4 cm³/mol. The third kappa shape index (κ3) is 1.35. The SMILES string of the molecule is COc1cccc2c1N=C1CCC34CCOC3CCN3CCC12C34. The molecule has 2 spiro atoms. The molecule has 0 bridgehead atoms. The molecule has 4 unspecified atom stereocenters. The molecule has 0 aromatic heterocycles. The summed E-state index contributed by atoms with van der Waals surface area (Å²) in [6.07, 6.45) is 6.49. The molecule has 1 saturated carbocycles. The quantitative estimate of drug-likeness (QED) is 0.796. The van der Waals surface area contributed by atoms with Crippen molar-refractivity contribution in [2.75, 3.05) is 26.8 Å². The number of para-hydroxylation sites is 1. The van der Waals surface area contributed by atoms with Gasteiger partial charge in [-0.1, -0.05) is 12.1 Å². The fourth-order valence-electron chi connectivity index (χ4n) is 6.87. The summed E-state index contributed by atoms with van der Waals surface area (Å²) >= 11 is 0. The first-order valence-electron chi connectivity index (χ1n) is 9.41. The number of nitrogens with zero attached hydrogens (tertiary/aromatic N) is 2. The second-order valence-corrected chi connectivity index (χ2v) is 8.21. The van der Waals surface area contributed by atoms with Gasteiger partial charge in [-0.05, 0) is 50.3 Å². The Kier molecular flexibility index (Phi) is 2.55. The molecule has 3 saturated heterocycles. The van der Waals surface area contributed by atoms with Crippen molar-refractivity contribution >= 4 is 11.4 Å². The lowest BCUT2D eigenvalue weighted by molar-refractivity contribution is -0.0635. The molecule has 4 fully saturated rings. The van der Waals surface area contributed by atoms with E-state index in [-0.39, 0.29) is 5.41 Å². The van der Waals surface area contributed by atoms with Gasteiger partial charge in [0.05, 0.1) is 18.6 Å². The molecule has 1 aromatic rings. The lowest BCUT2D eigenvalue weighted by atomic mass is 9.52. The standard InChI is InChI=1S/C20H24N2O2/c1-23-14-4-2-3-13-17(14)21-15-5-7-19-9-12-24-16(19)6-10-22-11-8-20(13,15)18(19)22/h2-4,16,18H,5-12H2,1H3. The van der Waals surface area contributed by atoms with Gasteiger partial charge in [-0.2, -0.15) is 0 Å². The average molecular weight is 324 g/mol. The molecule has 0 amide bonds. The summed E-state index contributed by atoms with van der Waals surface area (Å²) < 4.78 is 11.9. The molecular weight excluding hydrogens is 300 g/mol. The minimum Gasteiger partial charge on any atom is -0.494 e. The van der Waals surface area contributed by atoms with Gasteiger partial charge < -0.3 is 9.47 Å². The number of piperidine rings is 1. The van der Waals surface area contributed by atoms with E-state index in [2.05, 4.69) is 23.1 Å². The number of hydrogen-bond acceptors (Lipinski definition) is 4. The maximum atomic E-state index is 6.23. The third-order valence-corrected chi connectivity index (χ3v) is 7.66. The van der Waals surface area contributed by atoms with E-state index >= 15 is 0 Å². The van der Waals surface area contributed by atoms with E-state index in [0.717, 1.165) is 24.5 Å². The minimum absolute atomic E-state index is 0.120. The van der Waals surface area contributed by atoms with E-state index in [9.17, 15) is 0 Å². The van der Waals surface area contributed by atoms with Gasteiger partial charge in [-0.3, -0.25) is 9.89 Å². The molecule has 126 valence electrons. The van der Waals surface area contributed by atoms with Crippen molar-refractivity contribution in [1.29, 1.82) is 0 Å². The highest BCUT2D eigenvalue weighted by Gasteiger charge is 2.69. The maximum absolute atomic E-state index is 6.23. The topological polar surface area (TPSA) is 34.1 Å². The van der Waals surface area contributed by atoms with Gasteiger partial charge in [0.25, 0.3) is 0 Å². The largest absolute Gasteiger partial charge is 0.494 e. The van der Waals surface area contributed by atoms with Gasteiger partial charge >= 0.3 is 0 Å². The average Bonchev–Trinajstić information content (AvgIpc) is 3.29. The highest BCUT2D eigenvalue weighted by Crippen LogP contribution is 2.65. The normalized spacial score (nSPS) is 42.1. The van der Waals surface area contributed by atoms with Crippen LogP contribution in [0.4, 0.5) is 5.69 Å². The first kappa shape index (κ1) is 13.9. The van der Waals surface area contributed by atoms with Gasteiger partial charge in [-0.15, -0.1) is 0 Å². The zero-order valence-corrected chi connectivity index (χ0v) is 14.3. The number of benzene rings is 1. The molecule has 6 rings (SSSR count). The fraction of sp³-hybridized carbons (Fsp3) is 0.650. The smallest absolute Gasteiger partial charge is 0.144 e. The van der Waals surface area contributed by atoms with E-state index in [1.807, 2.05) is 0 Å². The van der Waals surface area contributed by atoms with E-state index < -0.39 is 0 Å². The molecule has 4 nitrogen and oxygen atoms in total. The molecule has 4 heterocycles. The Labute approximate surface area is 142 Å². The summed E-state index contributed by atoms with van der Waals surface area (Å²) in [5, 5.41) is 0. The van der Waals surface area contributed by atoms with E-state index in [1.165, 1.54) is 50.0 Å². The molecule has 4 aliphatic heterocycles. The van der Waals surface area contributed by atoms with Gasteiger partial charge in [0, 0.05) is 30.3 Å². The van der Waals surface area contributed by atoms with Crippen molar-refractivity contribution < 1.29 is 9.47 Å². The first-order valence-corrected chi connectivity index (χ1v) is 9.41. The van der Waals surface area contributed by atoms with Crippen LogP contribution in [0.25, 0.3) is 0 Å². The Bertz CT molecular complexity index is 760. The summed E-state index contributed by atoms with van der Waals surface area (Å²) in [4.78, 5) is 7.91. The molecule has 1 aromatic carbocycles. The van der Waals surface area contributed by atoms with Crippen LogP contribution in [-0.4, -0.2) is 49.6 Å². The van der Waals surface area contributed by atoms with Crippen molar-refractivity contribution in [1.82, 2.24) is 4.90 Å². The van der Waals surface area contributed by atoms with Crippen LogP contribution in [0.1, 0.15) is 37.7 Å². The first-order chi connectivity index (χ1) is 11.8. The summed E-state index contributed by atoms with van der Waals surface area (Å²) in [6, 6.07) is 7.10. The number of ether oxygens (including phenoxy) is 2. The van der Waals surface area contributed by atoms with E-state index in [0.29, 0.717) is 17.6 Å². The van der Waals surface area contributed by atoms with Crippen LogP contribution in [-0.2, 0) is 10.2 Å². The van der Waals surface area contributed by atoms with Crippen LogP contribution >= 0.6 is 0 Å². The zero-order chi connectivity index (χ0) is 15.9. The molecule has 1 aliphatic carbocycles. The molecule has 5 aliphatic rings. The number of rotatable bonds is 1. The second-order valence-electron chi connectivity index (χ2n) is 8.21. The van der Waals surface area contributed by atoms with Crippen LogP contribution < -0.4 is 4.74 Å². The van der Waals surface area contributed by atoms with Crippen molar-refractivity contribution in [3.63, 3.8) is 0 Å². The molecule has 4 heteroatoms. The Morgan fingerprint density at radius 1 is 1.25 bits per heavy atom. The number of methoxy groups -OCH3 is 1. The van der Waals surface area contributed by atoms with Gasteiger partial charge in [0.1, 0.15) is 11.4 Å². The number of aliphatic imine (C=N–C) groups is 1. The summed E-state index contributed by atoms with van der Waals surface area (Å²) in [5.41, 5.74) is 4.42. The second kappa shape index (κ2) is 4.41. The Morgan fingerprint density at radius 2 is 2.21 bits per heavy atom. The zero-order valence-electron chi connectivity index (χ0n) is 14.3. The molecule has 24 heavy (non-hydrogen) atoms. The Hall–Kier alpha value is -1.39. The van der Waals surface area contributed by atoms with Gasteiger partial charge in [0.15, 0.2) is 0 Å². The summed E-state index contributed by atoms with van der Waals surface area (Å²) in [6.45, 7) is 3.34. The van der Waals surface area contributed by atoms with Crippen LogP contribution in [0.5, 0.6) is 5.75 Å². The summed E-state index contributed by atoms with van der Waals surface area (Å²) in [7, 11) is 1.76. The third-order valence-electron chi connectivity index (χ3n) is 7.66. The van der Waals surface area contributed by atoms with Crippen LogP contribution in [0.2, 0.25) is 0 Å². The van der Waals surface area contributed by atoms with Crippen molar-refractivity contribution in [2.24, 2.45) is 10.4 Å². The van der Waals surface area contributed by atoms with Gasteiger partial charge in [0.2, 0.25) is 0 Å². The van der Waals surface area contributed by atoms with Gasteiger partial charge in [-0.25, -0.2) is 0 Å². The lowest BCUT2D eigenvalue weighted by Crippen LogP contribution is -2.65. The van der Waals surface area contributed by atoms with Crippen molar-refractivity contribution in [3.8, 4) is 5.75 Å². The molecule has 0 radical (unpaired) electrons. The molecule has 4 atom stereocenters. The predicted octanol–water partition coefficient (Wildman–Crippen LogP) is 3.07. The molecular formula is C20H24N2O2. The lowest BCUT2D eigenvalue weighted by Gasteiger charge is -2.56. The maximum Gasteiger partial charge on any atom is 0.144 e. The highest BCUT2D eigenvalue weighted by atomic mass is 16.5. The summed E-state index contributed by atoms with van der Waals surface area (Å²) in [5.74, 6) is 0.936. The Morgan fingerprint density at radius 3 is 3.12 bits per heavy atom. The van der Waals surface area contributed by atoms with E-state index in [4.69, 9.17) is 14.5 Å². The molecule has 0 N–H and O–H groups in total.